The number of fused-ring (bicyclic) bond motifs is 1. The number of benzene rings is 1. The molecule has 1 fully saturated rings. The van der Waals surface area contributed by atoms with E-state index in [0.29, 0.717) is 34.8 Å². The summed E-state index contributed by atoms with van der Waals surface area (Å²) in [5.41, 5.74) is -0.0288. The van der Waals surface area contributed by atoms with E-state index >= 15 is 0 Å². The highest BCUT2D eigenvalue weighted by Gasteiger charge is 2.36. The summed E-state index contributed by atoms with van der Waals surface area (Å²) in [5, 5.41) is 11.4. The monoisotopic (exact) mass is 392 g/mol. The Hall–Kier alpha value is -2.28. The molecule has 8 heteroatoms. The van der Waals surface area contributed by atoms with Crippen LogP contribution in [-0.2, 0) is 4.74 Å². The van der Waals surface area contributed by atoms with E-state index in [2.05, 4.69) is 14.9 Å². The molecule has 1 N–H and O–H groups in total. The van der Waals surface area contributed by atoms with Crippen LogP contribution in [0.5, 0.6) is 5.75 Å². The van der Waals surface area contributed by atoms with Gasteiger partial charge in [-0.15, -0.1) is 0 Å². The summed E-state index contributed by atoms with van der Waals surface area (Å²) in [6.45, 7) is 10.6. The Morgan fingerprint density at radius 3 is 2.59 bits per heavy atom. The number of aromatic nitrogens is 2. The first-order valence-electron chi connectivity index (χ1n) is 8.97. The third-order valence-corrected chi connectivity index (χ3v) is 4.89. The molecule has 0 aliphatic carbocycles. The van der Waals surface area contributed by atoms with Crippen molar-refractivity contribution in [3.63, 3.8) is 0 Å². The van der Waals surface area contributed by atoms with Gasteiger partial charge in [0.25, 0.3) is 0 Å². The molecule has 1 aromatic heterocycles. The molecule has 2 aromatic rings. The first kappa shape index (κ1) is 19.5. The van der Waals surface area contributed by atoms with Crippen molar-refractivity contribution in [2.45, 2.75) is 52.3 Å². The first-order chi connectivity index (χ1) is 12.6. The largest absolute Gasteiger partial charge is 0.507 e. The summed E-state index contributed by atoms with van der Waals surface area (Å²) >= 11 is 6.24. The van der Waals surface area contributed by atoms with Crippen LogP contribution in [0.15, 0.2) is 18.5 Å². The SMILES string of the molecule is C[C@@H]1CN(c2ncnc3c(Cl)ccc(O)c23)[C@@H](C)CN1C(=O)OC(C)(C)C. The number of phenols is 1. The van der Waals surface area contributed by atoms with Crippen molar-refractivity contribution in [2.24, 2.45) is 0 Å². The van der Waals surface area contributed by atoms with Gasteiger partial charge in [-0.2, -0.15) is 0 Å². The Morgan fingerprint density at radius 2 is 1.93 bits per heavy atom. The molecule has 1 amide bonds. The summed E-state index contributed by atoms with van der Waals surface area (Å²) in [7, 11) is 0. The van der Waals surface area contributed by atoms with Crippen molar-refractivity contribution < 1.29 is 14.6 Å². The van der Waals surface area contributed by atoms with Crippen LogP contribution in [0, 0.1) is 0 Å². The van der Waals surface area contributed by atoms with Gasteiger partial charge in [-0.05, 0) is 46.8 Å². The smallest absolute Gasteiger partial charge is 0.410 e. The number of rotatable bonds is 1. The maximum atomic E-state index is 12.5. The van der Waals surface area contributed by atoms with E-state index in [-0.39, 0.29) is 23.9 Å². The third-order valence-electron chi connectivity index (χ3n) is 4.58. The topological polar surface area (TPSA) is 78.8 Å². The highest BCUT2D eigenvalue weighted by molar-refractivity contribution is 6.35. The molecule has 2 heterocycles. The van der Waals surface area contributed by atoms with Gasteiger partial charge in [-0.25, -0.2) is 14.8 Å². The minimum atomic E-state index is -0.539. The molecule has 1 aromatic carbocycles. The predicted molar refractivity (Wildman–Crippen MR) is 105 cm³/mol. The zero-order chi connectivity index (χ0) is 19.9. The summed E-state index contributed by atoms with van der Waals surface area (Å²) in [6, 6.07) is 3.05. The standard InChI is InChI=1S/C19H25ClN4O3/c1-11-9-24(18(26)27-19(3,4)5)12(2)8-23(11)17-15-14(25)7-6-13(20)16(15)21-10-22-17/h6-7,10-12,25H,8-9H2,1-5H3/t11-,12+/m0/s1. The zero-order valence-corrected chi connectivity index (χ0v) is 17.0. The van der Waals surface area contributed by atoms with Crippen LogP contribution < -0.4 is 4.90 Å². The zero-order valence-electron chi connectivity index (χ0n) is 16.2. The highest BCUT2D eigenvalue weighted by atomic mass is 35.5. The van der Waals surface area contributed by atoms with Gasteiger partial charge in [0.05, 0.1) is 15.9 Å². The van der Waals surface area contributed by atoms with Gasteiger partial charge < -0.3 is 19.6 Å². The van der Waals surface area contributed by atoms with Gasteiger partial charge in [-0.1, -0.05) is 11.6 Å². The molecule has 27 heavy (non-hydrogen) atoms. The number of nitrogens with zero attached hydrogens (tertiary/aromatic N) is 4. The summed E-state index contributed by atoms with van der Waals surface area (Å²) in [5.74, 6) is 0.697. The quantitative estimate of drug-likeness (QED) is 0.794. The summed E-state index contributed by atoms with van der Waals surface area (Å²) in [6.07, 6.45) is 1.13. The molecule has 0 saturated carbocycles. The number of phenolic OH excluding ortho intramolecular Hbond substituents is 1. The van der Waals surface area contributed by atoms with Crippen LogP contribution >= 0.6 is 11.6 Å². The van der Waals surface area contributed by atoms with Gasteiger partial charge in [0, 0.05) is 25.2 Å². The predicted octanol–water partition coefficient (Wildman–Crippen LogP) is 3.82. The van der Waals surface area contributed by atoms with E-state index in [9.17, 15) is 9.90 Å². The van der Waals surface area contributed by atoms with Gasteiger partial charge in [-0.3, -0.25) is 0 Å². The fourth-order valence-electron chi connectivity index (χ4n) is 3.32. The second kappa shape index (κ2) is 7.03. The molecule has 0 spiro atoms. The molecular formula is C19H25ClN4O3. The Morgan fingerprint density at radius 1 is 1.22 bits per heavy atom. The molecule has 0 unspecified atom stereocenters. The molecule has 1 aliphatic rings. The minimum absolute atomic E-state index is 0.0230. The number of hydrogen-bond acceptors (Lipinski definition) is 6. The normalized spacial score (nSPS) is 20.8. The number of ether oxygens (including phenoxy) is 1. The minimum Gasteiger partial charge on any atom is -0.507 e. The third kappa shape index (κ3) is 3.88. The number of carbonyl (C=O) groups is 1. The summed E-state index contributed by atoms with van der Waals surface area (Å²) < 4.78 is 5.53. The Labute approximate surface area is 163 Å². The maximum absolute atomic E-state index is 12.5. The molecule has 1 saturated heterocycles. The van der Waals surface area contributed by atoms with Crippen molar-refractivity contribution in [2.75, 3.05) is 18.0 Å². The number of anilines is 1. The lowest BCUT2D eigenvalue weighted by Gasteiger charge is -2.44. The van der Waals surface area contributed by atoms with Crippen LogP contribution in [0.4, 0.5) is 10.6 Å². The van der Waals surface area contributed by atoms with Crippen LogP contribution in [0.2, 0.25) is 5.02 Å². The molecule has 1 aliphatic heterocycles. The maximum Gasteiger partial charge on any atom is 0.410 e. The van der Waals surface area contributed by atoms with E-state index < -0.39 is 5.60 Å². The van der Waals surface area contributed by atoms with E-state index in [1.54, 1.807) is 17.0 Å². The lowest BCUT2D eigenvalue weighted by atomic mass is 10.1. The van der Waals surface area contributed by atoms with E-state index in [1.165, 1.54) is 6.33 Å². The van der Waals surface area contributed by atoms with Crippen molar-refractivity contribution in [1.82, 2.24) is 14.9 Å². The summed E-state index contributed by atoms with van der Waals surface area (Å²) in [4.78, 5) is 25.0. The molecule has 146 valence electrons. The van der Waals surface area contributed by atoms with Gasteiger partial charge in [0.1, 0.15) is 23.5 Å². The average molecular weight is 393 g/mol. The van der Waals surface area contributed by atoms with Crippen LogP contribution in [0.25, 0.3) is 10.9 Å². The van der Waals surface area contributed by atoms with E-state index in [4.69, 9.17) is 16.3 Å². The van der Waals surface area contributed by atoms with Gasteiger partial charge in [0.15, 0.2) is 0 Å². The first-order valence-corrected chi connectivity index (χ1v) is 9.34. The second-order valence-corrected chi connectivity index (χ2v) is 8.38. The Balaban J connectivity index is 1.92. The molecule has 0 radical (unpaired) electrons. The van der Waals surface area contributed by atoms with Crippen LogP contribution in [0.1, 0.15) is 34.6 Å². The van der Waals surface area contributed by atoms with Crippen molar-refractivity contribution in [3.8, 4) is 5.75 Å². The molecule has 3 rings (SSSR count). The number of halogens is 1. The Bertz CT molecular complexity index is 868. The van der Waals surface area contributed by atoms with Crippen molar-refractivity contribution in [1.29, 1.82) is 0 Å². The van der Waals surface area contributed by atoms with Gasteiger partial charge in [0.2, 0.25) is 0 Å². The van der Waals surface area contributed by atoms with Crippen LogP contribution in [0.3, 0.4) is 0 Å². The fourth-order valence-corrected chi connectivity index (χ4v) is 3.53. The number of piperazine rings is 1. The highest BCUT2D eigenvalue weighted by Crippen LogP contribution is 2.36. The number of amides is 1. The fraction of sp³-hybridized carbons (Fsp3) is 0.526. The molecular weight excluding hydrogens is 368 g/mol. The molecule has 2 atom stereocenters. The van der Waals surface area contributed by atoms with E-state index in [0.717, 1.165) is 0 Å². The number of hydrogen-bond donors (Lipinski definition) is 1. The van der Waals surface area contributed by atoms with E-state index in [1.807, 2.05) is 34.6 Å². The van der Waals surface area contributed by atoms with Gasteiger partial charge >= 0.3 is 6.09 Å². The lowest BCUT2D eigenvalue weighted by Crippen LogP contribution is -2.59. The van der Waals surface area contributed by atoms with Crippen molar-refractivity contribution >= 4 is 34.4 Å². The lowest BCUT2D eigenvalue weighted by molar-refractivity contribution is 0.0130. The Kier molecular flexibility index (Phi) is 5.08. The van der Waals surface area contributed by atoms with Crippen LogP contribution in [-0.4, -0.2) is 56.8 Å². The number of carbonyl (C=O) groups excluding carboxylic acids is 1. The molecule has 7 nitrogen and oxygen atoms in total. The number of aromatic hydroxyl groups is 1. The molecule has 0 bridgehead atoms. The second-order valence-electron chi connectivity index (χ2n) is 7.97. The average Bonchev–Trinajstić information content (AvgIpc) is 2.58. The van der Waals surface area contributed by atoms with Crippen molar-refractivity contribution in [3.05, 3.63) is 23.5 Å².